The molecule has 1 atom stereocenters. The number of benzene rings is 1. The van der Waals surface area contributed by atoms with E-state index in [0.29, 0.717) is 44.1 Å². The van der Waals surface area contributed by atoms with Gasteiger partial charge >= 0.3 is 0 Å². The zero-order valence-electron chi connectivity index (χ0n) is 15.7. The molecule has 0 radical (unpaired) electrons. The number of amides is 2. The van der Waals surface area contributed by atoms with Gasteiger partial charge in [0.2, 0.25) is 0 Å². The van der Waals surface area contributed by atoms with Gasteiger partial charge in [0, 0.05) is 32.8 Å². The highest BCUT2D eigenvalue weighted by Gasteiger charge is 2.30. The van der Waals surface area contributed by atoms with Crippen LogP contribution in [-0.2, 0) is 16.0 Å². The van der Waals surface area contributed by atoms with E-state index in [4.69, 9.17) is 9.47 Å². The minimum absolute atomic E-state index is 0.0245. The molecule has 2 amide bonds. The minimum atomic E-state index is -0.293. The van der Waals surface area contributed by atoms with E-state index in [0.717, 1.165) is 31.2 Å². The Morgan fingerprint density at radius 3 is 2.62 bits per heavy atom. The van der Waals surface area contributed by atoms with Gasteiger partial charge in [0.05, 0.1) is 12.7 Å². The summed E-state index contributed by atoms with van der Waals surface area (Å²) in [5.74, 6) is 0.648. The van der Waals surface area contributed by atoms with Gasteiger partial charge in [-0.1, -0.05) is 13.0 Å². The predicted molar refractivity (Wildman–Crippen MR) is 98.4 cm³/mol. The number of hydrogen-bond donors (Lipinski definition) is 0. The van der Waals surface area contributed by atoms with Gasteiger partial charge in [-0.05, 0) is 43.4 Å². The van der Waals surface area contributed by atoms with E-state index in [2.05, 4.69) is 6.92 Å². The number of aryl methyl sites for hydroxylation is 1. The van der Waals surface area contributed by atoms with Crippen molar-refractivity contribution < 1.29 is 19.1 Å². The zero-order chi connectivity index (χ0) is 18.5. The standard InChI is InChI=1S/C20H28N2O4/c1-3-15-7-8-17(25-2)16(14-15)19(23)21-9-5-10-22(12-11-21)20(24)18-6-4-13-26-18/h7-8,14,18H,3-6,9-13H2,1-2H3. The van der Waals surface area contributed by atoms with Gasteiger partial charge in [0.25, 0.3) is 11.8 Å². The summed E-state index contributed by atoms with van der Waals surface area (Å²) in [5, 5.41) is 0. The van der Waals surface area contributed by atoms with Crippen LogP contribution < -0.4 is 4.74 Å². The largest absolute Gasteiger partial charge is 0.496 e. The first-order valence-corrected chi connectivity index (χ1v) is 9.50. The Balaban J connectivity index is 1.68. The average Bonchev–Trinajstić information content (AvgIpc) is 3.11. The maximum Gasteiger partial charge on any atom is 0.257 e. The molecular weight excluding hydrogens is 332 g/mol. The quantitative estimate of drug-likeness (QED) is 0.825. The highest BCUT2D eigenvalue weighted by Crippen LogP contribution is 2.23. The Morgan fingerprint density at radius 1 is 1.15 bits per heavy atom. The molecule has 0 N–H and O–H groups in total. The first-order valence-electron chi connectivity index (χ1n) is 9.50. The average molecular weight is 360 g/mol. The first-order chi connectivity index (χ1) is 12.6. The lowest BCUT2D eigenvalue weighted by atomic mass is 10.1. The van der Waals surface area contributed by atoms with Gasteiger partial charge < -0.3 is 19.3 Å². The Bertz CT molecular complexity index is 655. The number of methoxy groups -OCH3 is 1. The normalized spacial score (nSPS) is 20.8. The van der Waals surface area contributed by atoms with E-state index in [1.54, 1.807) is 7.11 Å². The van der Waals surface area contributed by atoms with Gasteiger partial charge in [-0.2, -0.15) is 0 Å². The zero-order valence-corrected chi connectivity index (χ0v) is 15.7. The van der Waals surface area contributed by atoms with E-state index >= 15 is 0 Å². The van der Waals surface area contributed by atoms with Crippen molar-refractivity contribution >= 4 is 11.8 Å². The topological polar surface area (TPSA) is 59.1 Å². The lowest BCUT2D eigenvalue weighted by Crippen LogP contribution is -2.41. The summed E-state index contributed by atoms with van der Waals surface area (Å²) in [4.78, 5) is 29.3. The summed E-state index contributed by atoms with van der Waals surface area (Å²) in [6, 6.07) is 5.76. The number of hydrogen-bond acceptors (Lipinski definition) is 4. The van der Waals surface area contributed by atoms with Crippen LogP contribution in [0, 0.1) is 0 Å². The molecule has 2 saturated heterocycles. The fraction of sp³-hybridized carbons (Fsp3) is 0.600. The third-order valence-electron chi connectivity index (χ3n) is 5.20. The van der Waals surface area contributed by atoms with Gasteiger partial charge in [-0.15, -0.1) is 0 Å². The number of carbonyl (C=O) groups is 2. The van der Waals surface area contributed by atoms with Crippen molar-refractivity contribution in [3.8, 4) is 5.75 Å². The van der Waals surface area contributed by atoms with Gasteiger partial charge in [0.1, 0.15) is 11.9 Å². The van der Waals surface area contributed by atoms with Crippen molar-refractivity contribution in [2.45, 2.75) is 38.7 Å². The lowest BCUT2D eigenvalue weighted by Gasteiger charge is -2.24. The summed E-state index contributed by atoms with van der Waals surface area (Å²) >= 11 is 0. The maximum absolute atomic E-state index is 13.1. The summed E-state index contributed by atoms with van der Waals surface area (Å²) < 4.78 is 10.9. The number of nitrogens with zero attached hydrogens (tertiary/aromatic N) is 2. The molecule has 0 aromatic heterocycles. The Morgan fingerprint density at radius 2 is 1.92 bits per heavy atom. The van der Waals surface area contributed by atoms with Crippen LogP contribution in [0.25, 0.3) is 0 Å². The Hall–Kier alpha value is -2.08. The molecule has 3 rings (SSSR count). The van der Waals surface area contributed by atoms with Gasteiger partial charge in [-0.3, -0.25) is 9.59 Å². The second-order valence-electron chi connectivity index (χ2n) is 6.86. The second kappa shape index (κ2) is 8.54. The van der Waals surface area contributed by atoms with Crippen LogP contribution in [0.3, 0.4) is 0 Å². The minimum Gasteiger partial charge on any atom is -0.496 e. The summed E-state index contributed by atoms with van der Waals surface area (Å²) in [6.07, 6.45) is 3.11. The van der Waals surface area contributed by atoms with Crippen molar-refractivity contribution in [1.29, 1.82) is 0 Å². The van der Waals surface area contributed by atoms with Crippen molar-refractivity contribution in [2.75, 3.05) is 39.9 Å². The maximum atomic E-state index is 13.1. The molecule has 2 heterocycles. The predicted octanol–water partition coefficient (Wildman–Crippen LogP) is 2.11. The number of ether oxygens (including phenoxy) is 2. The lowest BCUT2D eigenvalue weighted by molar-refractivity contribution is -0.140. The Kier molecular flexibility index (Phi) is 6.14. The summed E-state index contributed by atoms with van der Waals surface area (Å²) in [7, 11) is 1.59. The molecule has 6 heteroatoms. The molecule has 0 spiro atoms. The molecule has 1 aromatic rings. The van der Waals surface area contributed by atoms with E-state index in [1.165, 1.54) is 0 Å². The van der Waals surface area contributed by atoms with Crippen LogP contribution in [0.4, 0.5) is 0 Å². The van der Waals surface area contributed by atoms with Crippen molar-refractivity contribution in [3.05, 3.63) is 29.3 Å². The molecule has 6 nitrogen and oxygen atoms in total. The fourth-order valence-corrected chi connectivity index (χ4v) is 3.63. The van der Waals surface area contributed by atoms with Crippen LogP contribution in [-0.4, -0.2) is 67.6 Å². The fourth-order valence-electron chi connectivity index (χ4n) is 3.63. The highest BCUT2D eigenvalue weighted by molar-refractivity contribution is 5.97. The van der Waals surface area contributed by atoms with E-state index in [1.807, 2.05) is 28.0 Å². The van der Waals surface area contributed by atoms with E-state index in [-0.39, 0.29) is 17.9 Å². The second-order valence-corrected chi connectivity index (χ2v) is 6.86. The molecule has 0 aliphatic carbocycles. The van der Waals surface area contributed by atoms with Crippen molar-refractivity contribution in [1.82, 2.24) is 9.80 Å². The van der Waals surface area contributed by atoms with Crippen LogP contribution in [0.2, 0.25) is 0 Å². The smallest absolute Gasteiger partial charge is 0.257 e. The molecular formula is C20H28N2O4. The van der Waals surface area contributed by atoms with E-state index in [9.17, 15) is 9.59 Å². The van der Waals surface area contributed by atoms with Crippen molar-refractivity contribution in [3.63, 3.8) is 0 Å². The molecule has 0 saturated carbocycles. The van der Waals surface area contributed by atoms with Gasteiger partial charge in [0.15, 0.2) is 0 Å². The summed E-state index contributed by atoms with van der Waals surface area (Å²) in [6.45, 7) is 5.15. The van der Waals surface area contributed by atoms with Crippen molar-refractivity contribution in [2.24, 2.45) is 0 Å². The third-order valence-corrected chi connectivity index (χ3v) is 5.20. The SMILES string of the molecule is CCc1ccc(OC)c(C(=O)N2CCCN(C(=O)C3CCCO3)CC2)c1. The number of carbonyl (C=O) groups excluding carboxylic acids is 2. The van der Waals surface area contributed by atoms with Crippen LogP contribution in [0.15, 0.2) is 18.2 Å². The number of rotatable bonds is 4. The van der Waals surface area contributed by atoms with Crippen LogP contribution in [0.5, 0.6) is 5.75 Å². The monoisotopic (exact) mass is 360 g/mol. The molecule has 2 aliphatic heterocycles. The molecule has 2 fully saturated rings. The molecule has 1 aromatic carbocycles. The first kappa shape index (κ1) is 18.7. The highest BCUT2D eigenvalue weighted by atomic mass is 16.5. The third kappa shape index (κ3) is 4.01. The van der Waals surface area contributed by atoms with E-state index < -0.39 is 0 Å². The molecule has 26 heavy (non-hydrogen) atoms. The molecule has 0 bridgehead atoms. The molecule has 1 unspecified atom stereocenters. The van der Waals surface area contributed by atoms with Gasteiger partial charge in [-0.25, -0.2) is 0 Å². The molecule has 2 aliphatic rings. The Labute approximate surface area is 155 Å². The van der Waals surface area contributed by atoms with Crippen LogP contribution in [0.1, 0.15) is 42.1 Å². The molecule has 142 valence electrons. The summed E-state index contributed by atoms with van der Waals surface area (Å²) in [5.41, 5.74) is 1.71. The van der Waals surface area contributed by atoms with Crippen LogP contribution >= 0.6 is 0 Å².